The molecule has 1 amide bonds. The molecular formula is C18H26N4O2. The molecule has 0 unspecified atom stereocenters. The first-order valence-corrected chi connectivity index (χ1v) is 8.21. The first kappa shape index (κ1) is 18.2. The zero-order chi connectivity index (χ0) is 17.2. The van der Waals surface area contributed by atoms with Crippen LogP contribution >= 0.6 is 0 Å². The van der Waals surface area contributed by atoms with E-state index in [0.29, 0.717) is 18.7 Å². The van der Waals surface area contributed by atoms with Crippen molar-refractivity contribution in [2.45, 2.75) is 13.0 Å². The lowest BCUT2D eigenvalue weighted by Gasteiger charge is -2.15. The summed E-state index contributed by atoms with van der Waals surface area (Å²) in [5, 5.41) is 7.19. The van der Waals surface area contributed by atoms with Crippen molar-refractivity contribution in [2.24, 2.45) is 0 Å². The van der Waals surface area contributed by atoms with Crippen molar-refractivity contribution in [1.82, 2.24) is 20.0 Å². The molecule has 0 atom stereocenters. The summed E-state index contributed by atoms with van der Waals surface area (Å²) in [5.41, 5.74) is 1.75. The number of ether oxygens (including phenoxy) is 1. The summed E-state index contributed by atoms with van der Waals surface area (Å²) in [6.45, 7) is 3.87. The molecule has 0 fully saturated rings. The first-order valence-electron chi connectivity index (χ1n) is 8.21. The van der Waals surface area contributed by atoms with E-state index in [9.17, 15) is 4.79 Å². The molecule has 0 aliphatic carbocycles. The molecule has 1 heterocycles. The molecule has 0 spiro atoms. The van der Waals surface area contributed by atoms with Gasteiger partial charge in [-0.05, 0) is 25.6 Å². The van der Waals surface area contributed by atoms with Crippen LogP contribution in [0.3, 0.4) is 0 Å². The third kappa shape index (κ3) is 6.14. The van der Waals surface area contributed by atoms with Crippen molar-refractivity contribution in [3.63, 3.8) is 0 Å². The Morgan fingerprint density at radius 1 is 1.29 bits per heavy atom. The Kier molecular flexibility index (Phi) is 7.45. The molecule has 0 saturated heterocycles. The number of benzene rings is 1. The van der Waals surface area contributed by atoms with Gasteiger partial charge in [0.2, 0.25) is 0 Å². The summed E-state index contributed by atoms with van der Waals surface area (Å²) < 4.78 is 6.82. The van der Waals surface area contributed by atoms with Gasteiger partial charge in [-0.15, -0.1) is 0 Å². The molecular weight excluding hydrogens is 304 g/mol. The van der Waals surface area contributed by atoms with Crippen LogP contribution in [0.2, 0.25) is 0 Å². The van der Waals surface area contributed by atoms with E-state index < -0.39 is 0 Å². The van der Waals surface area contributed by atoms with E-state index in [-0.39, 0.29) is 5.91 Å². The van der Waals surface area contributed by atoms with Gasteiger partial charge in [-0.2, -0.15) is 5.10 Å². The molecule has 0 aliphatic rings. The third-order valence-electron chi connectivity index (χ3n) is 3.76. The van der Waals surface area contributed by atoms with Gasteiger partial charge >= 0.3 is 0 Å². The van der Waals surface area contributed by atoms with Crippen LogP contribution in [0.15, 0.2) is 42.7 Å². The van der Waals surface area contributed by atoms with Crippen LogP contribution in [0.5, 0.6) is 0 Å². The zero-order valence-corrected chi connectivity index (χ0v) is 14.4. The second kappa shape index (κ2) is 9.85. The fourth-order valence-corrected chi connectivity index (χ4v) is 2.35. The van der Waals surface area contributed by atoms with E-state index in [0.717, 1.165) is 31.7 Å². The summed E-state index contributed by atoms with van der Waals surface area (Å²) >= 11 is 0. The molecule has 1 aromatic heterocycles. The highest BCUT2D eigenvalue weighted by molar-refractivity contribution is 5.93. The number of carbonyl (C=O) groups is 1. The maximum atomic E-state index is 12.1. The number of hydrogen-bond acceptors (Lipinski definition) is 4. The van der Waals surface area contributed by atoms with Gasteiger partial charge in [-0.3, -0.25) is 9.48 Å². The predicted octanol–water partition coefficient (Wildman–Crippen LogP) is 1.63. The summed E-state index contributed by atoms with van der Waals surface area (Å²) in [7, 11) is 3.75. The van der Waals surface area contributed by atoms with Crippen LogP contribution < -0.4 is 5.32 Å². The van der Waals surface area contributed by atoms with E-state index >= 15 is 0 Å². The highest BCUT2D eigenvalue weighted by Crippen LogP contribution is 2.04. The Hall–Kier alpha value is -2.18. The first-order chi connectivity index (χ1) is 11.7. The highest BCUT2D eigenvalue weighted by atomic mass is 16.5. The maximum Gasteiger partial charge on any atom is 0.254 e. The zero-order valence-electron chi connectivity index (χ0n) is 14.4. The molecule has 0 saturated carbocycles. The van der Waals surface area contributed by atoms with E-state index in [2.05, 4.69) is 22.4 Å². The van der Waals surface area contributed by atoms with Crippen molar-refractivity contribution in [3.05, 3.63) is 53.9 Å². The summed E-state index contributed by atoms with van der Waals surface area (Å²) in [4.78, 5) is 14.3. The number of methoxy groups -OCH3 is 1. The van der Waals surface area contributed by atoms with Gasteiger partial charge in [0.25, 0.3) is 5.91 Å². The Morgan fingerprint density at radius 2 is 2.08 bits per heavy atom. The average molecular weight is 330 g/mol. The third-order valence-corrected chi connectivity index (χ3v) is 3.76. The molecule has 24 heavy (non-hydrogen) atoms. The molecule has 130 valence electrons. The van der Waals surface area contributed by atoms with Crippen LogP contribution in [-0.4, -0.2) is 61.0 Å². The molecule has 0 aliphatic heterocycles. The van der Waals surface area contributed by atoms with Crippen molar-refractivity contribution in [2.75, 3.05) is 40.4 Å². The molecule has 1 aromatic carbocycles. The Bertz CT molecular complexity index is 612. The fourth-order valence-electron chi connectivity index (χ4n) is 2.35. The van der Waals surface area contributed by atoms with Crippen LogP contribution in [0.1, 0.15) is 22.3 Å². The van der Waals surface area contributed by atoms with Gasteiger partial charge < -0.3 is 15.0 Å². The van der Waals surface area contributed by atoms with E-state index in [1.807, 2.05) is 30.3 Å². The van der Waals surface area contributed by atoms with Crippen molar-refractivity contribution in [3.8, 4) is 0 Å². The van der Waals surface area contributed by atoms with Gasteiger partial charge in [-0.1, -0.05) is 30.3 Å². The number of nitrogens with one attached hydrogen (secondary N) is 1. The minimum Gasteiger partial charge on any atom is -0.383 e. The number of hydrogen-bond donors (Lipinski definition) is 1. The van der Waals surface area contributed by atoms with E-state index in [1.165, 1.54) is 0 Å². The van der Waals surface area contributed by atoms with Crippen LogP contribution in [-0.2, 0) is 11.3 Å². The fraction of sp³-hybridized carbons (Fsp3) is 0.444. The average Bonchev–Trinajstić information content (AvgIpc) is 3.06. The monoisotopic (exact) mass is 330 g/mol. The normalized spacial score (nSPS) is 11.0. The van der Waals surface area contributed by atoms with Crippen LogP contribution in [0.4, 0.5) is 0 Å². The number of likely N-dealkylation sites (N-methyl/N-ethyl adjacent to an activating group) is 1. The molecule has 6 heteroatoms. The summed E-state index contributed by atoms with van der Waals surface area (Å²) in [5.74, 6) is -0.0751. The lowest BCUT2D eigenvalue weighted by molar-refractivity contribution is 0.0951. The Morgan fingerprint density at radius 3 is 2.83 bits per heavy atom. The lowest BCUT2D eigenvalue weighted by atomic mass is 10.2. The second-order valence-electron chi connectivity index (χ2n) is 5.82. The summed E-state index contributed by atoms with van der Waals surface area (Å²) in [6.07, 6.45) is 4.31. The Labute approximate surface area is 143 Å². The second-order valence-corrected chi connectivity index (χ2v) is 5.82. The minimum absolute atomic E-state index is 0.0751. The number of rotatable bonds is 10. The maximum absolute atomic E-state index is 12.1. The number of aromatic nitrogens is 2. The molecule has 6 nitrogen and oxygen atoms in total. The number of nitrogens with zero attached hydrogens (tertiary/aromatic N) is 3. The van der Waals surface area contributed by atoms with Crippen LogP contribution in [0, 0.1) is 0 Å². The van der Waals surface area contributed by atoms with Gasteiger partial charge in [0.05, 0.1) is 24.9 Å². The predicted molar refractivity (Wildman–Crippen MR) is 94.1 cm³/mol. The van der Waals surface area contributed by atoms with E-state index in [4.69, 9.17) is 4.74 Å². The Balaban J connectivity index is 1.71. The van der Waals surface area contributed by atoms with Gasteiger partial charge in [0.15, 0.2) is 0 Å². The molecule has 1 N–H and O–H groups in total. The highest BCUT2D eigenvalue weighted by Gasteiger charge is 2.08. The van der Waals surface area contributed by atoms with Crippen molar-refractivity contribution >= 4 is 5.91 Å². The van der Waals surface area contributed by atoms with Crippen molar-refractivity contribution in [1.29, 1.82) is 0 Å². The van der Waals surface area contributed by atoms with E-state index in [1.54, 1.807) is 24.2 Å². The van der Waals surface area contributed by atoms with Crippen molar-refractivity contribution < 1.29 is 9.53 Å². The SMILES string of the molecule is COCCN(C)CCCNC(=O)c1cnn(Cc2ccccc2)c1. The number of carbonyl (C=O) groups excluding carboxylic acids is 1. The topological polar surface area (TPSA) is 59.4 Å². The molecule has 2 aromatic rings. The van der Waals surface area contributed by atoms with Gasteiger partial charge in [-0.25, -0.2) is 0 Å². The lowest BCUT2D eigenvalue weighted by Crippen LogP contribution is -2.29. The largest absolute Gasteiger partial charge is 0.383 e. The molecule has 0 bridgehead atoms. The van der Waals surface area contributed by atoms with Crippen LogP contribution in [0.25, 0.3) is 0 Å². The quantitative estimate of drug-likeness (QED) is 0.673. The summed E-state index contributed by atoms with van der Waals surface area (Å²) in [6, 6.07) is 10.1. The van der Waals surface area contributed by atoms with Gasteiger partial charge in [0, 0.05) is 26.4 Å². The smallest absolute Gasteiger partial charge is 0.254 e. The molecule has 0 radical (unpaired) electrons. The molecule has 2 rings (SSSR count). The standard InChI is InChI=1S/C18H26N4O2/c1-21(11-12-24-2)10-6-9-19-18(23)17-13-20-22(15-17)14-16-7-4-3-5-8-16/h3-5,7-8,13,15H,6,9-12,14H2,1-2H3,(H,19,23). The number of amides is 1. The van der Waals surface area contributed by atoms with Gasteiger partial charge in [0.1, 0.15) is 0 Å². The minimum atomic E-state index is -0.0751.